The van der Waals surface area contributed by atoms with E-state index >= 15 is 0 Å². The van der Waals surface area contributed by atoms with Crippen LogP contribution < -0.4 is 5.73 Å². The van der Waals surface area contributed by atoms with Gasteiger partial charge in [-0.2, -0.15) is 22.0 Å². The van der Waals surface area contributed by atoms with Gasteiger partial charge in [-0.15, -0.1) is 0 Å². The molecule has 0 aromatic heterocycles. The molecule has 6 heteroatoms. The molecule has 15 heavy (non-hydrogen) atoms. The first kappa shape index (κ1) is 11.9. The molecule has 0 unspecified atom stereocenters. The van der Waals surface area contributed by atoms with E-state index in [4.69, 9.17) is 5.73 Å². The van der Waals surface area contributed by atoms with Gasteiger partial charge in [0.15, 0.2) is 0 Å². The van der Waals surface area contributed by atoms with Gasteiger partial charge in [-0.3, -0.25) is 0 Å². The van der Waals surface area contributed by atoms with Crippen molar-refractivity contribution in [3.63, 3.8) is 0 Å². The highest BCUT2D eigenvalue weighted by molar-refractivity contribution is 5.27. The number of nitrogens with two attached hydrogens (primary N) is 1. The van der Waals surface area contributed by atoms with Gasteiger partial charge in [0.2, 0.25) is 0 Å². The Morgan fingerprint density at radius 2 is 1.67 bits per heavy atom. The average molecular weight is 225 g/mol. The van der Waals surface area contributed by atoms with Crippen LogP contribution in [0.2, 0.25) is 0 Å². The number of rotatable bonds is 2. The monoisotopic (exact) mass is 225 g/mol. The van der Waals surface area contributed by atoms with Crippen LogP contribution in [0.15, 0.2) is 24.3 Å². The molecule has 1 rings (SSSR count). The van der Waals surface area contributed by atoms with Gasteiger partial charge in [0.1, 0.15) is 0 Å². The third-order valence-corrected chi connectivity index (χ3v) is 1.88. The maximum Gasteiger partial charge on any atom is 0.458 e. The molecule has 1 aromatic carbocycles. The van der Waals surface area contributed by atoms with Crippen LogP contribution in [0.3, 0.4) is 0 Å². The van der Waals surface area contributed by atoms with Crippen LogP contribution in [0.25, 0.3) is 0 Å². The summed E-state index contributed by atoms with van der Waals surface area (Å²) in [5.74, 6) is -4.84. The number of hydrogen-bond acceptors (Lipinski definition) is 1. The molecule has 0 radical (unpaired) electrons. The molecule has 0 aliphatic rings. The Morgan fingerprint density at radius 3 is 2.13 bits per heavy atom. The Hall–Kier alpha value is -1.17. The fourth-order valence-electron chi connectivity index (χ4n) is 1.06. The normalized spacial score (nSPS) is 12.9. The van der Waals surface area contributed by atoms with Gasteiger partial charge < -0.3 is 5.73 Å². The number of hydrogen-bond donors (Lipinski definition) is 1. The summed E-state index contributed by atoms with van der Waals surface area (Å²) in [6.07, 6.45) is -5.58. The molecular formula is C9H8F5N. The van der Waals surface area contributed by atoms with Gasteiger partial charge in [0.25, 0.3) is 0 Å². The van der Waals surface area contributed by atoms with Crippen molar-refractivity contribution in [2.75, 3.05) is 0 Å². The van der Waals surface area contributed by atoms with Crippen LogP contribution in [0.5, 0.6) is 0 Å². The molecule has 0 heterocycles. The van der Waals surface area contributed by atoms with Crippen LogP contribution in [0.4, 0.5) is 22.0 Å². The van der Waals surface area contributed by atoms with E-state index in [2.05, 4.69) is 0 Å². The van der Waals surface area contributed by atoms with Gasteiger partial charge in [-0.1, -0.05) is 18.2 Å². The zero-order valence-electron chi connectivity index (χ0n) is 7.48. The second kappa shape index (κ2) is 3.77. The molecule has 0 atom stereocenters. The van der Waals surface area contributed by atoms with Crippen molar-refractivity contribution in [3.05, 3.63) is 35.4 Å². The van der Waals surface area contributed by atoms with Crippen molar-refractivity contribution < 1.29 is 22.0 Å². The van der Waals surface area contributed by atoms with Gasteiger partial charge in [0, 0.05) is 12.1 Å². The molecule has 0 aliphatic carbocycles. The molecule has 2 N–H and O–H groups in total. The molecule has 0 fully saturated rings. The highest BCUT2D eigenvalue weighted by Gasteiger charge is 2.58. The quantitative estimate of drug-likeness (QED) is 0.769. The number of halogens is 5. The smallest absolute Gasteiger partial charge is 0.326 e. The second-order valence-electron chi connectivity index (χ2n) is 2.98. The van der Waals surface area contributed by atoms with Gasteiger partial charge in [-0.05, 0) is 11.6 Å². The summed E-state index contributed by atoms with van der Waals surface area (Å²) in [6.45, 7) is -0.0816. The lowest BCUT2D eigenvalue weighted by molar-refractivity contribution is -0.289. The highest BCUT2D eigenvalue weighted by atomic mass is 19.4. The molecule has 0 spiro atoms. The summed E-state index contributed by atoms with van der Waals surface area (Å²) in [5, 5.41) is 0. The molecule has 0 aliphatic heterocycles. The van der Waals surface area contributed by atoms with E-state index in [-0.39, 0.29) is 12.1 Å². The van der Waals surface area contributed by atoms with Crippen molar-refractivity contribution in [1.29, 1.82) is 0 Å². The zero-order valence-corrected chi connectivity index (χ0v) is 7.48. The number of alkyl halides is 5. The SMILES string of the molecule is NCc1cccc(C(F)(F)C(F)(F)F)c1. The lowest BCUT2D eigenvalue weighted by atomic mass is 10.0. The predicted molar refractivity (Wildman–Crippen MR) is 44.3 cm³/mol. The van der Waals surface area contributed by atoms with Crippen LogP contribution >= 0.6 is 0 Å². The van der Waals surface area contributed by atoms with E-state index in [0.717, 1.165) is 18.2 Å². The van der Waals surface area contributed by atoms with Crippen LogP contribution in [-0.2, 0) is 12.5 Å². The lowest BCUT2D eigenvalue weighted by Crippen LogP contribution is -2.33. The molecule has 0 saturated carbocycles. The Morgan fingerprint density at radius 1 is 1.07 bits per heavy atom. The summed E-state index contributed by atoms with van der Waals surface area (Å²) in [7, 11) is 0. The minimum atomic E-state index is -5.58. The first-order chi connectivity index (χ1) is 6.79. The third kappa shape index (κ3) is 2.26. The summed E-state index contributed by atoms with van der Waals surface area (Å²) < 4.78 is 61.5. The summed E-state index contributed by atoms with van der Waals surface area (Å²) in [5.41, 5.74) is 4.29. The minimum absolute atomic E-state index is 0.0816. The molecule has 1 nitrogen and oxygen atoms in total. The maximum absolute atomic E-state index is 12.8. The van der Waals surface area contributed by atoms with E-state index in [9.17, 15) is 22.0 Å². The summed E-state index contributed by atoms with van der Waals surface area (Å²) >= 11 is 0. The Balaban J connectivity index is 3.15. The van der Waals surface area contributed by atoms with Gasteiger partial charge >= 0.3 is 12.1 Å². The third-order valence-electron chi connectivity index (χ3n) is 1.88. The van der Waals surface area contributed by atoms with Gasteiger partial charge in [0.05, 0.1) is 0 Å². The molecular weight excluding hydrogens is 217 g/mol. The summed E-state index contributed by atoms with van der Waals surface area (Å²) in [6, 6.07) is 3.99. The lowest BCUT2D eigenvalue weighted by Gasteiger charge is -2.20. The Labute approximate surface area is 82.7 Å². The largest absolute Gasteiger partial charge is 0.458 e. The maximum atomic E-state index is 12.8. The second-order valence-corrected chi connectivity index (χ2v) is 2.98. The van der Waals surface area contributed by atoms with Crippen molar-refractivity contribution in [1.82, 2.24) is 0 Å². The average Bonchev–Trinajstić information content (AvgIpc) is 2.16. The van der Waals surface area contributed by atoms with Crippen molar-refractivity contribution in [3.8, 4) is 0 Å². The molecule has 84 valence electrons. The molecule has 1 aromatic rings. The minimum Gasteiger partial charge on any atom is -0.326 e. The Kier molecular flexibility index (Phi) is 2.99. The highest BCUT2D eigenvalue weighted by Crippen LogP contribution is 2.43. The predicted octanol–water partition coefficient (Wildman–Crippen LogP) is 2.80. The van der Waals surface area contributed by atoms with E-state index < -0.39 is 17.7 Å². The van der Waals surface area contributed by atoms with Gasteiger partial charge in [-0.25, -0.2) is 0 Å². The topological polar surface area (TPSA) is 26.0 Å². The first-order valence-electron chi connectivity index (χ1n) is 4.03. The van der Waals surface area contributed by atoms with E-state index in [1.54, 1.807) is 0 Å². The van der Waals surface area contributed by atoms with E-state index in [1.807, 2.05) is 0 Å². The molecule has 0 amide bonds. The zero-order chi connectivity index (χ0) is 11.7. The fraction of sp³-hybridized carbons (Fsp3) is 0.333. The van der Waals surface area contributed by atoms with Crippen LogP contribution in [0, 0.1) is 0 Å². The van der Waals surface area contributed by atoms with Crippen molar-refractivity contribution >= 4 is 0 Å². The Bertz CT molecular complexity index is 345. The fourth-order valence-corrected chi connectivity index (χ4v) is 1.06. The molecule has 0 bridgehead atoms. The molecule has 0 saturated heterocycles. The summed E-state index contributed by atoms with van der Waals surface area (Å²) in [4.78, 5) is 0. The van der Waals surface area contributed by atoms with Crippen LogP contribution in [0.1, 0.15) is 11.1 Å². The van der Waals surface area contributed by atoms with E-state index in [1.165, 1.54) is 6.07 Å². The van der Waals surface area contributed by atoms with E-state index in [0.29, 0.717) is 0 Å². The first-order valence-corrected chi connectivity index (χ1v) is 4.03. The van der Waals surface area contributed by atoms with Crippen molar-refractivity contribution in [2.45, 2.75) is 18.6 Å². The van der Waals surface area contributed by atoms with Crippen molar-refractivity contribution in [2.24, 2.45) is 5.73 Å². The standard InChI is InChI=1S/C9H8F5N/c10-8(11,9(12,13)14)7-3-1-2-6(4-7)5-15/h1-4H,5,15H2. The number of benzene rings is 1. The van der Waals surface area contributed by atoms with Crippen LogP contribution in [-0.4, -0.2) is 6.18 Å².